The zero-order valence-electron chi connectivity index (χ0n) is 17.6. The predicted molar refractivity (Wildman–Crippen MR) is 126 cm³/mol. The molecule has 1 N–H and O–H groups in total. The molecule has 32 heavy (non-hydrogen) atoms. The van der Waals surface area contributed by atoms with E-state index in [0.717, 1.165) is 40.1 Å². The number of nitrogens with one attached hydrogen (secondary N) is 1. The van der Waals surface area contributed by atoms with E-state index in [2.05, 4.69) is 29.6 Å². The van der Waals surface area contributed by atoms with Crippen LogP contribution in [0.1, 0.15) is 40.6 Å². The lowest BCUT2D eigenvalue weighted by Gasteiger charge is -2.38. The topological polar surface area (TPSA) is 64.4 Å². The van der Waals surface area contributed by atoms with Crippen LogP contribution in [0.4, 0.5) is 11.4 Å². The van der Waals surface area contributed by atoms with Gasteiger partial charge < -0.3 is 10.1 Å². The Hall–Kier alpha value is -3.31. The van der Waals surface area contributed by atoms with Crippen LogP contribution < -0.4 is 10.1 Å². The summed E-state index contributed by atoms with van der Waals surface area (Å²) in [6.45, 7) is 2.47. The van der Waals surface area contributed by atoms with Gasteiger partial charge in [0.2, 0.25) is 0 Å². The van der Waals surface area contributed by atoms with Crippen LogP contribution in [0.5, 0.6) is 5.75 Å². The first-order valence-electron chi connectivity index (χ1n) is 10.7. The summed E-state index contributed by atoms with van der Waals surface area (Å²) in [7, 11) is 0. The van der Waals surface area contributed by atoms with Crippen LogP contribution in [0.3, 0.4) is 0 Å². The Morgan fingerprint density at radius 1 is 1.09 bits per heavy atom. The van der Waals surface area contributed by atoms with Gasteiger partial charge in [-0.15, -0.1) is 0 Å². The molecule has 2 aliphatic rings. The van der Waals surface area contributed by atoms with Crippen LogP contribution in [0.2, 0.25) is 5.02 Å². The number of halogens is 1. The Morgan fingerprint density at radius 2 is 1.84 bits per heavy atom. The summed E-state index contributed by atoms with van der Waals surface area (Å²) in [5.41, 5.74) is 5.13. The van der Waals surface area contributed by atoms with Gasteiger partial charge in [-0.3, -0.25) is 10.1 Å². The van der Waals surface area contributed by atoms with Crippen molar-refractivity contribution in [1.82, 2.24) is 0 Å². The van der Waals surface area contributed by atoms with Crippen molar-refractivity contribution in [3.05, 3.63) is 110 Å². The lowest BCUT2D eigenvalue weighted by molar-refractivity contribution is -0.385. The molecule has 0 amide bonds. The lowest BCUT2D eigenvalue weighted by Crippen LogP contribution is -2.30. The van der Waals surface area contributed by atoms with E-state index in [4.69, 9.17) is 16.3 Å². The largest absolute Gasteiger partial charge is 0.489 e. The highest BCUT2D eigenvalue weighted by atomic mass is 35.5. The van der Waals surface area contributed by atoms with Gasteiger partial charge in [-0.1, -0.05) is 54.1 Å². The molecule has 6 heteroatoms. The fourth-order valence-electron chi connectivity index (χ4n) is 4.84. The van der Waals surface area contributed by atoms with Gasteiger partial charge in [0, 0.05) is 22.7 Å². The summed E-state index contributed by atoms with van der Waals surface area (Å²) in [6, 6.07) is 19.3. The van der Waals surface area contributed by atoms with Crippen molar-refractivity contribution >= 4 is 23.0 Å². The van der Waals surface area contributed by atoms with E-state index in [0.29, 0.717) is 11.6 Å². The number of rotatable bonds is 5. The first-order chi connectivity index (χ1) is 15.5. The van der Waals surface area contributed by atoms with E-state index in [1.165, 1.54) is 0 Å². The van der Waals surface area contributed by atoms with Crippen LogP contribution in [-0.2, 0) is 6.61 Å². The zero-order valence-corrected chi connectivity index (χ0v) is 18.4. The molecule has 0 unspecified atom stereocenters. The molecule has 1 aliphatic carbocycles. The number of anilines is 1. The van der Waals surface area contributed by atoms with Crippen molar-refractivity contribution in [3.8, 4) is 5.75 Å². The minimum absolute atomic E-state index is 0.0392. The van der Waals surface area contributed by atoms with Crippen LogP contribution in [-0.4, -0.2) is 4.92 Å². The number of ether oxygens (including phenoxy) is 1. The molecule has 5 nitrogen and oxygen atoms in total. The van der Waals surface area contributed by atoms with E-state index in [1.807, 2.05) is 49.4 Å². The molecule has 0 fully saturated rings. The maximum Gasteiger partial charge on any atom is 0.275 e. The summed E-state index contributed by atoms with van der Waals surface area (Å²) in [5, 5.41) is 16.0. The Kier molecular flexibility index (Phi) is 5.35. The quantitative estimate of drug-likeness (QED) is 0.261. The maximum atomic E-state index is 11.7. The van der Waals surface area contributed by atoms with Crippen molar-refractivity contribution in [1.29, 1.82) is 0 Å². The molecule has 0 spiro atoms. The van der Waals surface area contributed by atoms with Crippen LogP contribution in [0, 0.1) is 23.0 Å². The molecule has 0 radical (unpaired) electrons. The smallest absolute Gasteiger partial charge is 0.275 e. The van der Waals surface area contributed by atoms with Crippen molar-refractivity contribution < 1.29 is 9.66 Å². The number of aryl methyl sites for hydroxylation is 1. The molecule has 0 saturated heterocycles. The fraction of sp³-hybridized carbons (Fsp3) is 0.231. The first kappa shape index (κ1) is 20.6. The number of nitro groups is 1. The number of hydrogen-bond acceptors (Lipinski definition) is 4. The van der Waals surface area contributed by atoms with Crippen molar-refractivity contribution in [3.63, 3.8) is 0 Å². The molecule has 5 rings (SSSR count). The fourth-order valence-corrected chi connectivity index (χ4v) is 4.97. The molecular weight excluding hydrogens is 424 g/mol. The normalized spacial score (nSPS) is 20.9. The summed E-state index contributed by atoms with van der Waals surface area (Å²) in [5.74, 6) is 1.08. The lowest BCUT2D eigenvalue weighted by atomic mass is 9.75. The highest BCUT2D eigenvalue weighted by Crippen LogP contribution is 2.53. The summed E-state index contributed by atoms with van der Waals surface area (Å²) < 4.78 is 5.93. The molecule has 0 bridgehead atoms. The Morgan fingerprint density at radius 3 is 2.56 bits per heavy atom. The van der Waals surface area contributed by atoms with Gasteiger partial charge in [0.15, 0.2) is 0 Å². The zero-order chi connectivity index (χ0) is 22.2. The molecule has 0 aromatic heterocycles. The Bertz CT molecular complexity index is 1190. The van der Waals surface area contributed by atoms with Gasteiger partial charge in [-0.2, -0.15) is 0 Å². The number of hydrogen-bond donors (Lipinski definition) is 1. The van der Waals surface area contributed by atoms with Crippen LogP contribution in [0.25, 0.3) is 0 Å². The summed E-state index contributed by atoms with van der Waals surface area (Å²) in [6.07, 6.45) is 5.17. The highest BCUT2D eigenvalue weighted by molar-refractivity contribution is 6.30. The van der Waals surface area contributed by atoms with E-state index < -0.39 is 0 Å². The van der Waals surface area contributed by atoms with Gasteiger partial charge in [0.05, 0.1) is 16.5 Å². The monoisotopic (exact) mass is 446 g/mol. The molecule has 0 saturated carbocycles. The Labute approximate surface area is 191 Å². The van der Waals surface area contributed by atoms with Crippen molar-refractivity contribution in [2.45, 2.75) is 31.9 Å². The maximum absolute atomic E-state index is 11.7. The number of nitro benzene ring substituents is 1. The number of nitrogens with zero attached hydrogens (tertiary/aromatic N) is 1. The third-order valence-electron chi connectivity index (χ3n) is 6.46. The van der Waals surface area contributed by atoms with E-state index in [-0.39, 0.29) is 28.5 Å². The summed E-state index contributed by atoms with van der Waals surface area (Å²) in [4.78, 5) is 11.4. The molecule has 3 atom stereocenters. The average Bonchev–Trinajstić information content (AvgIpc) is 3.29. The van der Waals surface area contributed by atoms with E-state index >= 15 is 0 Å². The molecule has 1 heterocycles. The van der Waals surface area contributed by atoms with E-state index in [1.54, 1.807) is 6.07 Å². The minimum Gasteiger partial charge on any atom is -0.489 e. The Balaban J connectivity index is 1.39. The SMILES string of the molecule is Cc1ccc([N+](=O)[O-])c2c1N[C@H](c1ccc(OCc3ccc(Cl)cc3)cc1)[C@H]1CC=C[C@@H]21. The minimum atomic E-state index is -0.268. The van der Waals surface area contributed by atoms with Gasteiger partial charge >= 0.3 is 0 Å². The van der Waals surface area contributed by atoms with Gasteiger partial charge in [0.25, 0.3) is 5.69 Å². The van der Waals surface area contributed by atoms with Gasteiger partial charge in [-0.05, 0) is 60.2 Å². The highest BCUT2D eigenvalue weighted by Gasteiger charge is 2.42. The molecule has 3 aromatic carbocycles. The number of allylic oxidation sites excluding steroid dienone is 2. The number of benzene rings is 3. The van der Waals surface area contributed by atoms with E-state index in [9.17, 15) is 10.1 Å². The molecular formula is C26H23ClN2O3. The second-order valence-corrected chi connectivity index (χ2v) is 8.84. The standard InChI is InChI=1S/C26H23ClN2O3/c1-16-5-14-23(29(30)31)24-21-3-2-4-22(21)26(28-25(16)24)18-8-12-20(13-9-18)32-15-17-6-10-19(27)11-7-17/h2-3,5-14,21-22,26,28H,4,15H2,1H3/t21-,22+,26-/m1/s1. The van der Waals surface area contributed by atoms with Crippen LogP contribution >= 0.6 is 11.6 Å². The third kappa shape index (κ3) is 3.73. The second kappa shape index (κ2) is 8.32. The third-order valence-corrected chi connectivity index (χ3v) is 6.71. The molecule has 162 valence electrons. The average molecular weight is 447 g/mol. The molecule has 3 aromatic rings. The first-order valence-corrected chi connectivity index (χ1v) is 11.1. The van der Waals surface area contributed by atoms with Crippen molar-refractivity contribution in [2.24, 2.45) is 5.92 Å². The number of fused-ring (bicyclic) bond motifs is 3. The van der Waals surface area contributed by atoms with Gasteiger partial charge in [0.1, 0.15) is 12.4 Å². The van der Waals surface area contributed by atoms with Crippen LogP contribution in [0.15, 0.2) is 72.8 Å². The predicted octanol–water partition coefficient (Wildman–Crippen LogP) is 6.96. The summed E-state index contributed by atoms with van der Waals surface area (Å²) >= 11 is 5.94. The molecule has 1 aliphatic heterocycles. The second-order valence-electron chi connectivity index (χ2n) is 8.41. The van der Waals surface area contributed by atoms with Gasteiger partial charge in [-0.25, -0.2) is 0 Å². The van der Waals surface area contributed by atoms with Crippen molar-refractivity contribution in [2.75, 3.05) is 5.32 Å².